The lowest BCUT2D eigenvalue weighted by Gasteiger charge is -2.37. The van der Waals surface area contributed by atoms with Crippen LogP contribution in [0.2, 0.25) is 0 Å². The van der Waals surface area contributed by atoms with Crippen LogP contribution in [0.3, 0.4) is 0 Å². The van der Waals surface area contributed by atoms with Crippen LogP contribution in [0.25, 0.3) is 0 Å². The second-order valence-corrected chi connectivity index (χ2v) is 4.10. The first kappa shape index (κ1) is 10.4. The molecule has 0 atom stereocenters. The van der Waals surface area contributed by atoms with Crippen molar-refractivity contribution >= 4 is 17.2 Å². The number of benzene rings is 1. The summed E-state index contributed by atoms with van der Waals surface area (Å²) in [7, 11) is 0. The summed E-state index contributed by atoms with van der Waals surface area (Å²) in [4.78, 5) is 0. The van der Waals surface area contributed by atoms with Crippen LogP contribution in [0.5, 0.6) is 5.75 Å². The number of anilines is 2. The normalized spacial score (nSPS) is 17.6. The van der Waals surface area contributed by atoms with Crippen LogP contribution in [0.1, 0.15) is 13.8 Å². The molecular weight excluding hydrogens is 206 g/mol. The molecule has 1 heterocycles. The molecule has 0 spiro atoms. The Balaban J connectivity index is 2.60. The van der Waals surface area contributed by atoms with Crippen molar-refractivity contribution in [1.29, 1.82) is 10.9 Å². The van der Waals surface area contributed by atoms with Gasteiger partial charge >= 0.3 is 0 Å². The van der Waals surface area contributed by atoms with E-state index in [2.05, 4.69) is 5.22 Å². The van der Waals surface area contributed by atoms with Gasteiger partial charge in [0.1, 0.15) is 11.4 Å². The highest BCUT2D eigenvalue weighted by molar-refractivity contribution is 6.03. The summed E-state index contributed by atoms with van der Waals surface area (Å²) in [6, 6.07) is 5.07. The van der Waals surface area contributed by atoms with E-state index in [0.717, 1.165) is 0 Å². The Hall–Kier alpha value is -2.11. The Bertz CT molecular complexity index is 468. The van der Waals surface area contributed by atoms with Crippen LogP contribution in [-0.2, 0) is 0 Å². The van der Waals surface area contributed by atoms with Gasteiger partial charge in [-0.1, -0.05) is 5.22 Å². The Morgan fingerprint density at radius 3 is 2.75 bits per heavy atom. The maximum atomic E-state index is 7.90. The van der Waals surface area contributed by atoms with Gasteiger partial charge in [-0.15, -0.1) is 0 Å². The number of nitrogens with two attached hydrogens (primary N) is 1. The Morgan fingerprint density at radius 2 is 2.12 bits per heavy atom. The maximum absolute atomic E-state index is 7.90. The summed E-state index contributed by atoms with van der Waals surface area (Å²) in [5, 5.41) is 12.4. The quantitative estimate of drug-likeness (QED) is 0.498. The van der Waals surface area contributed by atoms with Crippen LogP contribution in [0.15, 0.2) is 23.4 Å². The smallest absolute Gasteiger partial charge is 0.168 e. The molecule has 1 aliphatic rings. The number of amidine groups is 1. The third kappa shape index (κ3) is 1.39. The SMILES string of the molecule is CC1(C)Oc2ccc(N)cc2N(N=N)C1=N. The molecule has 1 aromatic carbocycles. The monoisotopic (exact) mass is 219 g/mol. The maximum Gasteiger partial charge on any atom is 0.168 e. The Labute approximate surface area is 93.0 Å². The third-order valence-corrected chi connectivity index (χ3v) is 2.46. The van der Waals surface area contributed by atoms with Gasteiger partial charge < -0.3 is 10.5 Å². The minimum atomic E-state index is -0.798. The van der Waals surface area contributed by atoms with Gasteiger partial charge in [0.25, 0.3) is 0 Å². The summed E-state index contributed by atoms with van der Waals surface area (Å²) in [6.07, 6.45) is 0. The van der Waals surface area contributed by atoms with Crippen molar-refractivity contribution in [1.82, 2.24) is 0 Å². The van der Waals surface area contributed by atoms with E-state index in [1.807, 2.05) is 0 Å². The molecule has 6 heteroatoms. The molecule has 84 valence electrons. The zero-order valence-corrected chi connectivity index (χ0v) is 9.11. The van der Waals surface area contributed by atoms with E-state index in [9.17, 15) is 0 Å². The second kappa shape index (κ2) is 3.19. The predicted molar refractivity (Wildman–Crippen MR) is 60.9 cm³/mol. The molecule has 2 rings (SSSR count). The number of nitrogens with zero attached hydrogens (tertiary/aromatic N) is 2. The summed E-state index contributed by atoms with van der Waals surface area (Å²) < 4.78 is 5.65. The number of nitrogen functional groups attached to an aromatic ring is 1. The molecule has 0 fully saturated rings. The molecular formula is C10H13N5O. The van der Waals surface area contributed by atoms with Crippen molar-refractivity contribution in [2.24, 2.45) is 5.22 Å². The fourth-order valence-electron chi connectivity index (χ4n) is 1.59. The van der Waals surface area contributed by atoms with E-state index in [1.165, 1.54) is 5.01 Å². The topological polar surface area (TPSA) is 98.6 Å². The average Bonchev–Trinajstić information content (AvgIpc) is 2.21. The molecule has 1 aliphatic heterocycles. The molecule has 0 radical (unpaired) electrons. The predicted octanol–water partition coefficient (Wildman–Crippen LogP) is 2.17. The number of fused-ring (bicyclic) bond motifs is 1. The van der Waals surface area contributed by atoms with Crippen LogP contribution >= 0.6 is 0 Å². The van der Waals surface area contributed by atoms with E-state index in [4.69, 9.17) is 21.4 Å². The average molecular weight is 219 g/mol. The lowest BCUT2D eigenvalue weighted by atomic mass is 10.0. The van der Waals surface area contributed by atoms with E-state index in [1.54, 1.807) is 32.0 Å². The van der Waals surface area contributed by atoms with Gasteiger partial charge in [-0.2, -0.15) is 10.5 Å². The van der Waals surface area contributed by atoms with Crippen molar-refractivity contribution in [3.63, 3.8) is 0 Å². The first-order chi connectivity index (χ1) is 7.45. The highest BCUT2D eigenvalue weighted by atomic mass is 16.5. The number of rotatable bonds is 1. The zero-order valence-electron chi connectivity index (χ0n) is 9.11. The second-order valence-electron chi connectivity index (χ2n) is 4.10. The molecule has 4 N–H and O–H groups in total. The van der Waals surface area contributed by atoms with Crippen molar-refractivity contribution in [2.45, 2.75) is 19.4 Å². The molecule has 0 aliphatic carbocycles. The fourth-order valence-corrected chi connectivity index (χ4v) is 1.59. The summed E-state index contributed by atoms with van der Waals surface area (Å²) in [5.41, 5.74) is 13.0. The van der Waals surface area contributed by atoms with Crippen molar-refractivity contribution < 1.29 is 4.74 Å². The minimum absolute atomic E-state index is 0.112. The van der Waals surface area contributed by atoms with Crippen molar-refractivity contribution in [3.05, 3.63) is 18.2 Å². The van der Waals surface area contributed by atoms with Gasteiger partial charge in [-0.3, -0.25) is 5.41 Å². The summed E-state index contributed by atoms with van der Waals surface area (Å²) in [6.45, 7) is 3.51. The summed E-state index contributed by atoms with van der Waals surface area (Å²) in [5.74, 6) is 0.687. The van der Waals surface area contributed by atoms with Crippen LogP contribution in [0, 0.1) is 10.9 Å². The molecule has 0 amide bonds. The molecule has 0 saturated heterocycles. The third-order valence-electron chi connectivity index (χ3n) is 2.46. The molecule has 0 aromatic heterocycles. The van der Waals surface area contributed by atoms with E-state index >= 15 is 0 Å². The van der Waals surface area contributed by atoms with Crippen LogP contribution < -0.4 is 15.5 Å². The van der Waals surface area contributed by atoms with Gasteiger partial charge in [-0.25, -0.2) is 0 Å². The lowest BCUT2D eigenvalue weighted by molar-refractivity contribution is 0.172. The van der Waals surface area contributed by atoms with Gasteiger partial charge in [0.2, 0.25) is 0 Å². The minimum Gasteiger partial charge on any atom is -0.478 e. The zero-order chi connectivity index (χ0) is 11.9. The molecule has 0 saturated carbocycles. The fraction of sp³-hybridized carbons (Fsp3) is 0.300. The van der Waals surface area contributed by atoms with E-state index < -0.39 is 5.60 Å². The number of ether oxygens (including phenoxy) is 1. The first-order valence-electron chi connectivity index (χ1n) is 4.81. The standard InChI is InChI=1S/C10H13N5O/c1-10(2)9(12)15(14-13)7-5-6(11)3-4-8(7)16-10/h3-5,12-13H,11H2,1-2H3. The number of nitrogens with one attached hydrogen (secondary N) is 2. The Morgan fingerprint density at radius 1 is 1.44 bits per heavy atom. The van der Waals surface area contributed by atoms with Crippen molar-refractivity contribution in [2.75, 3.05) is 10.7 Å². The highest BCUT2D eigenvalue weighted by Crippen LogP contribution is 2.39. The molecule has 16 heavy (non-hydrogen) atoms. The van der Waals surface area contributed by atoms with Crippen LogP contribution in [-0.4, -0.2) is 11.4 Å². The van der Waals surface area contributed by atoms with Crippen LogP contribution in [0.4, 0.5) is 11.4 Å². The largest absolute Gasteiger partial charge is 0.478 e. The number of hydrogen-bond acceptors (Lipinski definition) is 5. The van der Waals surface area contributed by atoms with E-state index in [-0.39, 0.29) is 5.84 Å². The lowest BCUT2D eigenvalue weighted by Crippen LogP contribution is -2.49. The molecule has 6 nitrogen and oxygen atoms in total. The molecule has 1 aromatic rings. The number of hydrogen-bond donors (Lipinski definition) is 3. The molecule has 0 unspecified atom stereocenters. The summed E-state index contributed by atoms with van der Waals surface area (Å²) >= 11 is 0. The van der Waals surface area contributed by atoms with Gasteiger partial charge in [0, 0.05) is 5.69 Å². The highest BCUT2D eigenvalue weighted by Gasteiger charge is 2.38. The van der Waals surface area contributed by atoms with Crippen molar-refractivity contribution in [3.8, 4) is 5.75 Å². The van der Waals surface area contributed by atoms with E-state index in [0.29, 0.717) is 17.1 Å². The molecule has 0 bridgehead atoms. The Kier molecular flexibility index (Phi) is 2.08. The first-order valence-corrected chi connectivity index (χ1v) is 4.81. The van der Waals surface area contributed by atoms with Gasteiger partial charge in [-0.05, 0) is 32.0 Å². The van der Waals surface area contributed by atoms with Gasteiger partial charge in [0.05, 0.1) is 0 Å². The van der Waals surface area contributed by atoms with Gasteiger partial charge in [0.15, 0.2) is 11.4 Å².